The molecule has 116 valence electrons. The molecule has 1 atom stereocenters. The molecule has 0 radical (unpaired) electrons. The topological polar surface area (TPSA) is 98.0 Å². The smallest absolute Gasteiger partial charge is 0.248 e. The lowest BCUT2D eigenvalue weighted by Crippen LogP contribution is -2.24. The highest BCUT2D eigenvalue weighted by Gasteiger charge is 2.20. The van der Waals surface area contributed by atoms with E-state index in [1.54, 1.807) is 24.3 Å². The van der Waals surface area contributed by atoms with Crippen molar-refractivity contribution in [3.63, 3.8) is 0 Å². The predicted molar refractivity (Wildman–Crippen MR) is 88.2 cm³/mol. The molecular weight excluding hydrogens is 320 g/mol. The molecule has 0 aliphatic rings. The Morgan fingerprint density at radius 2 is 2.00 bits per heavy atom. The van der Waals surface area contributed by atoms with E-state index in [2.05, 4.69) is 15.5 Å². The van der Waals surface area contributed by atoms with E-state index in [1.165, 1.54) is 23.1 Å². The van der Waals surface area contributed by atoms with E-state index in [4.69, 9.17) is 5.73 Å². The van der Waals surface area contributed by atoms with Gasteiger partial charge in [0.25, 0.3) is 0 Å². The van der Waals surface area contributed by atoms with Crippen LogP contribution in [0.15, 0.2) is 28.6 Å². The molecule has 0 saturated heterocycles. The Morgan fingerprint density at radius 3 is 2.50 bits per heavy atom. The molecule has 1 aromatic carbocycles. The lowest BCUT2D eigenvalue weighted by Gasteiger charge is -2.13. The maximum atomic E-state index is 12.3. The maximum absolute atomic E-state index is 12.3. The van der Waals surface area contributed by atoms with Gasteiger partial charge in [-0.1, -0.05) is 30.0 Å². The zero-order valence-corrected chi connectivity index (χ0v) is 13.8. The number of hydrogen-bond acceptors (Lipinski definition) is 6. The average molecular weight is 336 g/mol. The van der Waals surface area contributed by atoms with Gasteiger partial charge in [0, 0.05) is 11.3 Å². The number of hydrogen-bond donors (Lipinski definition) is 2. The number of anilines is 1. The van der Waals surface area contributed by atoms with Gasteiger partial charge in [-0.3, -0.25) is 9.59 Å². The highest BCUT2D eigenvalue weighted by atomic mass is 32.2. The Morgan fingerprint density at radius 1 is 1.32 bits per heavy atom. The van der Waals surface area contributed by atoms with Crippen LogP contribution in [-0.4, -0.2) is 27.3 Å². The zero-order chi connectivity index (χ0) is 16.1. The fraction of sp³-hybridized carbons (Fsp3) is 0.286. The third-order valence-corrected chi connectivity index (χ3v) is 5.14. The Kier molecular flexibility index (Phi) is 5.51. The molecule has 0 fully saturated rings. The molecule has 2 amide bonds. The number of aromatic nitrogens is 2. The van der Waals surface area contributed by atoms with Gasteiger partial charge >= 0.3 is 0 Å². The molecular formula is C14H16N4O2S2. The minimum Gasteiger partial charge on any atom is -0.366 e. The summed E-state index contributed by atoms with van der Waals surface area (Å²) in [5.74, 6) is -0.598. The van der Waals surface area contributed by atoms with E-state index in [-0.39, 0.29) is 11.2 Å². The van der Waals surface area contributed by atoms with Crippen molar-refractivity contribution in [2.45, 2.75) is 29.9 Å². The number of nitrogens with two attached hydrogens (primary N) is 1. The lowest BCUT2D eigenvalue weighted by molar-refractivity contribution is -0.115. The zero-order valence-electron chi connectivity index (χ0n) is 12.2. The normalized spacial score (nSPS) is 11.9. The van der Waals surface area contributed by atoms with Crippen LogP contribution in [0, 0.1) is 6.92 Å². The van der Waals surface area contributed by atoms with Gasteiger partial charge in [0.05, 0.1) is 5.25 Å². The quantitative estimate of drug-likeness (QED) is 0.790. The van der Waals surface area contributed by atoms with Crippen molar-refractivity contribution >= 4 is 40.6 Å². The van der Waals surface area contributed by atoms with E-state index >= 15 is 0 Å². The third kappa shape index (κ3) is 4.28. The Balaban J connectivity index is 2.00. The first kappa shape index (κ1) is 16.4. The Hall–Kier alpha value is -1.93. The van der Waals surface area contributed by atoms with Crippen LogP contribution in [-0.2, 0) is 4.79 Å². The standard InChI is InChI=1S/C14H16N4O2S2/c1-3-11(22-14-18-17-8(2)21-14)13(20)16-10-6-4-9(5-7-10)12(15)19/h4-7,11H,3H2,1-2H3,(H2,15,19)(H,16,20). The van der Waals surface area contributed by atoms with Crippen molar-refractivity contribution in [3.8, 4) is 0 Å². The van der Waals surface area contributed by atoms with Crippen molar-refractivity contribution in [3.05, 3.63) is 34.8 Å². The van der Waals surface area contributed by atoms with Gasteiger partial charge in [0.2, 0.25) is 11.8 Å². The van der Waals surface area contributed by atoms with Crippen molar-refractivity contribution < 1.29 is 9.59 Å². The number of primary amides is 1. The van der Waals surface area contributed by atoms with E-state index in [9.17, 15) is 9.59 Å². The van der Waals surface area contributed by atoms with Crippen molar-refractivity contribution in [1.82, 2.24) is 10.2 Å². The molecule has 0 saturated carbocycles. The molecule has 6 nitrogen and oxygen atoms in total. The number of aryl methyl sites for hydroxylation is 1. The number of benzene rings is 1. The summed E-state index contributed by atoms with van der Waals surface area (Å²) in [5, 5.41) is 11.4. The van der Waals surface area contributed by atoms with Crippen LogP contribution in [0.25, 0.3) is 0 Å². The largest absolute Gasteiger partial charge is 0.366 e. The molecule has 3 N–H and O–H groups in total. The van der Waals surface area contributed by atoms with Crippen LogP contribution >= 0.6 is 23.1 Å². The fourth-order valence-electron chi connectivity index (χ4n) is 1.71. The molecule has 0 aliphatic heterocycles. The fourth-order valence-corrected chi connectivity index (χ4v) is 3.69. The summed E-state index contributed by atoms with van der Waals surface area (Å²) in [6, 6.07) is 6.48. The highest BCUT2D eigenvalue weighted by molar-refractivity contribution is 8.02. The number of thioether (sulfide) groups is 1. The van der Waals surface area contributed by atoms with Crippen molar-refractivity contribution in [2.24, 2.45) is 5.73 Å². The molecule has 1 unspecified atom stereocenters. The summed E-state index contributed by atoms with van der Waals surface area (Å²) in [7, 11) is 0. The average Bonchev–Trinajstić information content (AvgIpc) is 2.90. The number of nitrogens with one attached hydrogen (secondary N) is 1. The molecule has 0 aliphatic carbocycles. The Labute approximate surface area is 136 Å². The van der Waals surface area contributed by atoms with Crippen LogP contribution in [0.2, 0.25) is 0 Å². The number of carbonyl (C=O) groups is 2. The minimum atomic E-state index is -0.494. The number of nitrogens with zero attached hydrogens (tertiary/aromatic N) is 2. The molecule has 2 aromatic rings. The highest BCUT2D eigenvalue weighted by Crippen LogP contribution is 2.28. The summed E-state index contributed by atoms with van der Waals surface area (Å²) in [4.78, 5) is 23.3. The van der Waals surface area contributed by atoms with Gasteiger partial charge in [-0.2, -0.15) is 0 Å². The van der Waals surface area contributed by atoms with Crippen LogP contribution in [0.1, 0.15) is 28.7 Å². The number of carbonyl (C=O) groups excluding carboxylic acids is 2. The van der Waals surface area contributed by atoms with Crippen LogP contribution in [0.5, 0.6) is 0 Å². The number of rotatable bonds is 6. The molecule has 1 aromatic heterocycles. The molecule has 8 heteroatoms. The van der Waals surface area contributed by atoms with Gasteiger partial charge in [0.1, 0.15) is 5.01 Å². The number of amides is 2. The molecule has 1 heterocycles. The van der Waals surface area contributed by atoms with Crippen molar-refractivity contribution in [2.75, 3.05) is 5.32 Å². The summed E-state index contributed by atoms with van der Waals surface area (Å²) in [5.41, 5.74) is 6.21. The summed E-state index contributed by atoms with van der Waals surface area (Å²) in [6.07, 6.45) is 0.675. The van der Waals surface area contributed by atoms with Gasteiger partial charge in [-0.15, -0.1) is 10.2 Å². The second kappa shape index (κ2) is 7.37. The summed E-state index contributed by atoms with van der Waals surface area (Å²) >= 11 is 2.87. The first-order valence-corrected chi connectivity index (χ1v) is 8.36. The summed E-state index contributed by atoms with van der Waals surface area (Å²) in [6.45, 7) is 3.82. The molecule has 22 heavy (non-hydrogen) atoms. The van der Waals surface area contributed by atoms with Gasteiger partial charge < -0.3 is 11.1 Å². The SMILES string of the molecule is CCC(Sc1nnc(C)s1)C(=O)Nc1ccc(C(N)=O)cc1. The van der Waals surface area contributed by atoms with Crippen LogP contribution < -0.4 is 11.1 Å². The van der Waals surface area contributed by atoms with Crippen LogP contribution in [0.3, 0.4) is 0 Å². The third-order valence-electron chi connectivity index (χ3n) is 2.85. The predicted octanol–water partition coefficient (Wildman–Crippen LogP) is 2.45. The van der Waals surface area contributed by atoms with Gasteiger partial charge in [-0.25, -0.2) is 0 Å². The minimum absolute atomic E-state index is 0.104. The lowest BCUT2D eigenvalue weighted by atomic mass is 10.2. The van der Waals surface area contributed by atoms with E-state index < -0.39 is 5.91 Å². The first-order valence-electron chi connectivity index (χ1n) is 6.67. The maximum Gasteiger partial charge on any atom is 0.248 e. The summed E-state index contributed by atoms with van der Waals surface area (Å²) < 4.78 is 0.781. The van der Waals surface area contributed by atoms with E-state index in [1.807, 2.05) is 13.8 Å². The first-order chi connectivity index (χ1) is 10.5. The van der Waals surface area contributed by atoms with Crippen LogP contribution in [0.4, 0.5) is 5.69 Å². The monoisotopic (exact) mass is 336 g/mol. The van der Waals surface area contributed by atoms with E-state index in [0.29, 0.717) is 17.7 Å². The second-order valence-corrected chi connectivity index (χ2v) is 7.16. The van der Waals surface area contributed by atoms with E-state index in [0.717, 1.165) is 9.35 Å². The van der Waals surface area contributed by atoms with Gasteiger partial charge in [-0.05, 0) is 37.6 Å². The molecule has 2 rings (SSSR count). The molecule has 0 bridgehead atoms. The Bertz CT molecular complexity index is 670. The van der Waals surface area contributed by atoms with Crippen molar-refractivity contribution in [1.29, 1.82) is 0 Å². The van der Waals surface area contributed by atoms with Gasteiger partial charge in [0.15, 0.2) is 4.34 Å². The molecule has 0 spiro atoms. The second-order valence-electron chi connectivity index (χ2n) is 4.53.